The molecule has 0 aliphatic heterocycles. The van der Waals surface area contributed by atoms with E-state index in [0.29, 0.717) is 34.4 Å². The molecular formula is C27H28N2O5S. The molecule has 3 aromatic carbocycles. The minimum absolute atomic E-state index is 0.104. The summed E-state index contributed by atoms with van der Waals surface area (Å²) in [6, 6.07) is 19.8. The first-order valence-corrected chi connectivity index (χ1v) is 12.8. The van der Waals surface area contributed by atoms with E-state index in [1.165, 1.54) is 10.2 Å². The molecule has 8 heteroatoms. The second kappa shape index (κ2) is 9.84. The lowest BCUT2D eigenvalue weighted by Gasteiger charge is -2.15. The molecule has 0 saturated carbocycles. The van der Waals surface area contributed by atoms with Gasteiger partial charge < -0.3 is 14.7 Å². The number of hydrogen-bond acceptors (Lipinski definition) is 5. The number of anilines is 1. The number of aromatic nitrogens is 1. The van der Waals surface area contributed by atoms with E-state index >= 15 is 0 Å². The highest BCUT2D eigenvalue weighted by Crippen LogP contribution is 2.34. The van der Waals surface area contributed by atoms with E-state index in [2.05, 4.69) is 0 Å². The highest BCUT2D eigenvalue weighted by atomic mass is 32.2. The van der Waals surface area contributed by atoms with E-state index in [4.69, 9.17) is 4.74 Å². The summed E-state index contributed by atoms with van der Waals surface area (Å²) in [5, 5.41) is 9.85. The molecule has 1 aromatic heterocycles. The van der Waals surface area contributed by atoms with Gasteiger partial charge in [0.15, 0.2) is 0 Å². The van der Waals surface area contributed by atoms with Crippen LogP contribution in [0, 0.1) is 0 Å². The number of ether oxygens (including phenoxy) is 1. The fourth-order valence-corrected chi connectivity index (χ4v) is 5.73. The van der Waals surface area contributed by atoms with E-state index in [-0.39, 0.29) is 17.7 Å². The van der Waals surface area contributed by atoms with Crippen molar-refractivity contribution in [1.29, 1.82) is 0 Å². The smallest absolute Gasteiger partial charge is 0.303 e. The predicted octanol–water partition coefficient (Wildman–Crippen LogP) is 5.03. The van der Waals surface area contributed by atoms with Crippen LogP contribution in [-0.2, 0) is 21.2 Å². The lowest BCUT2D eigenvalue weighted by atomic mass is 10.1. The van der Waals surface area contributed by atoms with E-state index in [9.17, 15) is 18.3 Å². The van der Waals surface area contributed by atoms with Crippen LogP contribution in [0.1, 0.15) is 18.9 Å². The van der Waals surface area contributed by atoms with Crippen LogP contribution in [0.4, 0.5) is 5.69 Å². The summed E-state index contributed by atoms with van der Waals surface area (Å²) in [4.78, 5) is 13.4. The van der Waals surface area contributed by atoms with Gasteiger partial charge in [-0.05, 0) is 60.9 Å². The Hall–Kier alpha value is -3.78. The van der Waals surface area contributed by atoms with Crippen molar-refractivity contribution in [2.24, 2.45) is 0 Å². The lowest BCUT2D eigenvalue weighted by Crippen LogP contribution is -2.13. The maximum atomic E-state index is 14.0. The monoisotopic (exact) mass is 492 g/mol. The third-order valence-electron chi connectivity index (χ3n) is 5.86. The average molecular weight is 493 g/mol. The molecule has 4 rings (SSSR count). The van der Waals surface area contributed by atoms with Crippen molar-refractivity contribution in [3.63, 3.8) is 0 Å². The van der Waals surface area contributed by atoms with Gasteiger partial charge in [0.2, 0.25) is 0 Å². The van der Waals surface area contributed by atoms with E-state index < -0.39 is 16.0 Å². The lowest BCUT2D eigenvalue weighted by molar-refractivity contribution is -0.136. The van der Waals surface area contributed by atoms with E-state index in [1.807, 2.05) is 56.3 Å². The van der Waals surface area contributed by atoms with Gasteiger partial charge >= 0.3 is 5.97 Å². The van der Waals surface area contributed by atoms with Crippen LogP contribution >= 0.6 is 0 Å². The fourth-order valence-electron chi connectivity index (χ4n) is 4.12. The zero-order valence-electron chi connectivity index (χ0n) is 19.9. The summed E-state index contributed by atoms with van der Waals surface area (Å²) in [6.07, 6.45) is 1.63. The third-order valence-corrected chi connectivity index (χ3v) is 7.59. The number of fused-ring (bicyclic) bond motifs is 1. The number of carboxylic acid groups (broad SMARTS) is 1. The van der Waals surface area contributed by atoms with Crippen LogP contribution < -0.4 is 9.64 Å². The molecule has 0 unspecified atom stereocenters. The van der Waals surface area contributed by atoms with Crippen LogP contribution in [0.25, 0.3) is 22.0 Å². The van der Waals surface area contributed by atoms with Crippen molar-refractivity contribution < 1.29 is 23.1 Å². The number of aryl methyl sites for hydroxylation is 1. The zero-order valence-corrected chi connectivity index (χ0v) is 20.7. The summed E-state index contributed by atoms with van der Waals surface area (Å²) in [5.41, 5.74) is 3.51. The maximum Gasteiger partial charge on any atom is 0.303 e. The molecule has 0 fully saturated rings. The first-order valence-electron chi connectivity index (χ1n) is 11.3. The largest absolute Gasteiger partial charge is 0.494 e. The van der Waals surface area contributed by atoms with Crippen molar-refractivity contribution in [3.05, 3.63) is 78.5 Å². The van der Waals surface area contributed by atoms with Crippen LogP contribution in [-0.4, -0.2) is 44.2 Å². The number of benzene rings is 3. The minimum Gasteiger partial charge on any atom is -0.494 e. The van der Waals surface area contributed by atoms with Gasteiger partial charge in [-0.2, -0.15) is 0 Å². The van der Waals surface area contributed by atoms with Crippen LogP contribution in [0.5, 0.6) is 5.75 Å². The molecule has 0 amide bonds. The second-order valence-electron chi connectivity index (χ2n) is 8.40. The average Bonchev–Trinajstić information content (AvgIpc) is 3.22. The number of aliphatic carboxylic acids is 1. The van der Waals surface area contributed by atoms with Gasteiger partial charge in [0.25, 0.3) is 10.0 Å². The quantitative estimate of drug-likeness (QED) is 0.353. The van der Waals surface area contributed by atoms with E-state index in [0.717, 1.165) is 11.3 Å². The SMILES string of the molecule is CCOc1ccc2c(c1)c(CCC(=O)O)cn2S(=O)(=O)c1ccccc1-c1ccc(N(C)C)cc1. The number of hydrogen-bond donors (Lipinski definition) is 1. The first-order chi connectivity index (χ1) is 16.7. The Kier molecular flexibility index (Phi) is 6.84. The summed E-state index contributed by atoms with van der Waals surface area (Å²) < 4.78 is 34.8. The molecule has 0 atom stereocenters. The molecule has 0 bridgehead atoms. The summed E-state index contributed by atoms with van der Waals surface area (Å²) in [5.74, 6) is -0.339. The van der Waals surface area contributed by atoms with Crippen molar-refractivity contribution in [2.45, 2.75) is 24.7 Å². The Balaban J connectivity index is 1.87. The van der Waals surface area contributed by atoms with Crippen molar-refractivity contribution in [1.82, 2.24) is 3.97 Å². The summed E-state index contributed by atoms with van der Waals surface area (Å²) in [6.45, 7) is 2.34. The number of nitrogens with zero attached hydrogens (tertiary/aromatic N) is 2. The highest BCUT2D eigenvalue weighted by molar-refractivity contribution is 7.90. The first kappa shape index (κ1) is 24.3. The molecule has 1 N–H and O–H groups in total. The van der Waals surface area contributed by atoms with Crippen LogP contribution in [0.3, 0.4) is 0 Å². The van der Waals surface area contributed by atoms with Gasteiger partial charge in [-0.1, -0.05) is 30.3 Å². The highest BCUT2D eigenvalue weighted by Gasteiger charge is 2.25. The summed E-state index contributed by atoms with van der Waals surface area (Å²) in [7, 11) is -0.0999. The molecule has 35 heavy (non-hydrogen) atoms. The van der Waals surface area contributed by atoms with Crippen molar-refractivity contribution in [2.75, 3.05) is 25.6 Å². The van der Waals surface area contributed by atoms with Crippen LogP contribution in [0.15, 0.2) is 77.8 Å². The van der Waals surface area contributed by atoms with Crippen molar-refractivity contribution in [3.8, 4) is 16.9 Å². The molecule has 7 nitrogen and oxygen atoms in total. The van der Waals surface area contributed by atoms with Crippen LogP contribution in [0.2, 0.25) is 0 Å². The van der Waals surface area contributed by atoms with Crippen molar-refractivity contribution >= 4 is 32.6 Å². The van der Waals surface area contributed by atoms with E-state index in [1.54, 1.807) is 36.4 Å². The summed E-state index contributed by atoms with van der Waals surface area (Å²) >= 11 is 0. The molecule has 182 valence electrons. The molecule has 0 radical (unpaired) electrons. The minimum atomic E-state index is -4.00. The number of carbonyl (C=O) groups is 1. The number of carboxylic acids is 1. The normalized spacial score (nSPS) is 11.5. The van der Waals surface area contributed by atoms with Gasteiger partial charge in [0.05, 0.1) is 17.0 Å². The molecule has 1 heterocycles. The van der Waals surface area contributed by atoms with Gasteiger partial charge in [-0.25, -0.2) is 12.4 Å². The third kappa shape index (κ3) is 4.88. The molecule has 0 saturated heterocycles. The standard InChI is InChI=1S/C27H28N2O5S/c1-4-34-22-14-15-25-24(17-22)20(11-16-27(30)31)18-29(25)35(32,33)26-8-6-5-7-23(26)19-9-12-21(13-10-19)28(2)3/h5-10,12-15,17-18H,4,11,16H2,1-3H3,(H,30,31). The Morgan fingerprint density at radius 2 is 1.74 bits per heavy atom. The molecular weight excluding hydrogens is 464 g/mol. The fraction of sp³-hybridized carbons (Fsp3) is 0.222. The van der Waals surface area contributed by atoms with Gasteiger partial charge in [-0.3, -0.25) is 4.79 Å². The Morgan fingerprint density at radius 1 is 1.03 bits per heavy atom. The molecule has 4 aromatic rings. The molecule has 0 aliphatic carbocycles. The van der Waals surface area contributed by atoms with Gasteiger partial charge in [0, 0.05) is 43.4 Å². The maximum absolute atomic E-state index is 14.0. The Bertz CT molecular complexity index is 1470. The second-order valence-corrected chi connectivity index (χ2v) is 10.2. The van der Waals surface area contributed by atoms with Gasteiger partial charge in [0.1, 0.15) is 5.75 Å². The molecule has 0 spiro atoms. The number of rotatable bonds is 9. The predicted molar refractivity (Wildman–Crippen MR) is 138 cm³/mol. The Morgan fingerprint density at radius 3 is 2.40 bits per heavy atom. The molecule has 0 aliphatic rings. The zero-order chi connectivity index (χ0) is 25.2. The Labute approximate surface area is 205 Å². The van der Waals surface area contributed by atoms with Gasteiger partial charge in [-0.15, -0.1) is 0 Å². The topological polar surface area (TPSA) is 88.8 Å².